The molecule has 6 heteroatoms. The normalized spacial score (nSPS) is 11.9. The number of carbonyl (C=O) groups excluding carboxylic acids is 1. The van der Waals surface area contributed by atoms with Gasteiger partial charge in [0.15, 0.2) is 0 Å². The average molecular weight is 290 g/mol. The molecule has 0 aromatic heterocycles. The molecule has 0 unspecified atom stereocenters. The molecule has 3 N–H and O–H groups in total. The second-order valence-corrected chi connectivity index (χ2v) is 5.47. The highest BCUT2D eigenvalue weighted by Crippen LogP contribution is 2.03. The molecule has 0 fully saturated rings. The van der Waals surface area contributed by atoms with Gasteiger partial charge in [0.2, 0.25) is 0 Å². The highest BCUT2D eigenvalue weighted by atomic mass is 32.2. The van der Waals surface area contributed by atoms with E-state index in [0.717, 1.165) is 19.3 Å². The van der Waals surface area contributed by atoms with Gasteiger partial charge in [0.25, 0.3) is 0 Å². The quantitative estimate of drug-likeness (QED) is 0.511. The molecular formula is C13H26N2O3S. The van der Waals surface area contributed by atoms with Gasteiger partial charge in [-0.05, 0) is 31.3 Å². The van der Waals surface area contributed by atoms with Gasteiger partial charge in [-0.15, -0.1) is 0 Å². The zero-order chi connectivity index (χ0) is 14.5. The number of aliphatic carboxylic acids is 1. The second kappa shape index (κ2) is 12.1. The van der Waals surface area contributed by atoms with E-state index in [0.29, 0.717) is 13.0 Å². The second-order valence-electron chi connectivity index (χ2n) is 4.49. The Balaban J connectivity index is 3.60. The predicted octanol–water partition coefficient (Wildman–Crippen LogP) is 2.46. The van der Waals surface area contributed by atoms with Gasteiger partial charge in [-0.2, -0.15) is 11.8 Å². The molecule has 0 bridgehead atoms. The van der Waals surface area contributed by atoms with E-state index < -0.39 is 12.0 Å². The molecule has 0 aliphatic carbocycles. The summed E-state index contributed by atoms with van der Waals surface area (Å²) in [4.78, 5) is 22.3. The maximum absolute atomic E-state index is 11.5. The number of hydrogen-bond acceptors (Lipinski definition) is 3. The molecular weight excluding hydrogens is 264 g/mol. The minimum Gasteiger partial charge on any atom is -0.480 e. The summed E-state index contributed by atoms with van der Waals surface area (Å²) in [6.07, 6.45) is 7.71. The first-order chi connectivity index (χ1) is 9.11. The molecule has 2 amide bonds. The molecule has 0 saturated heterocycles. The number of amides is 2. The summed E-state index contributed by atoms with van der Waals surface area (Å²) in [5, 5.41) is 14.1. The molecule has 0 aromatic carbocycles. The lowest BCUT2D eigenvalue weighted by atomic mass is 10.2. The topological polar surface area (TPSA) is 78.4 Å². The van der Waals surface area contributed by atoms with Gasteiger partial charge in [0.1, 0.15) is 6.04 Å². The minimum atomic E-state index is -0.978. The van der Waals surface area contributed by atoms with E-state index in [-0.39, 0.29) is 6.03 Å². The Hall–Kier alpha value is -0.910. The fourth-order valence-corrected chi connectivity index (χ4v) is 2.18. The van der Waals surface area contributed by atoms with Crippen LogP contribution >= 0.6 is 11.8 Å². The Bertz CT molecular complexity index is 262. The maximum atomic E-state index is 11.5. The van der Waals surface area contributed by atoms with Gasteiger partial charge in [-0.25, -0.2) is 9.59 Å². The summed E-state index contributed by atoms with van der Waals surface area (Å²) < 4.78 is 0. The number of thioether (sulfide) groups is 1. The lowest BCUT2D eigenvalue weighted by Gasteiger charge is -2.14. The van der Waals surface area contributed by atoms with Crippen molar-refractivity contribution in [3.63, 3.8) is 0 Å². The third kappa shape index (κ3) is 10.7. The van der Waals surface area contributed by atoms with E-state index in [1.165, 1.54) is 18.6 Å². The monoisotopic (exact) mass is 290 g/mol. The molecule has 0 saturated carbocycles. The van der Waals surface area contributed by atoms with E-state index in [4.69, 9.17) is 5.11 Å². The van der Waals surface area contributed by atoms with Crippen molar-refractivity contribution in [2.24, 2.45) is 0 Å². The molecule has 0 spiro atoms. The zero-order valence-corrected chi connectivity index (χ0v) is 12.7. The van der Waals surface area contributed by atoms with E-state index in [2.05, 4.69) is 16.9 Å². The Morgan fingerprint density at radius 1 is 1.21 bits per heavy atom. The zero-order valence-electron chi connectivity index (χ0n) is 11.9. The molecule has 5 nitrogen and oxygen atoms in total. The number of rotatable bonds is 11. The first-order valence-electron chi connectivity index (χ1n) is 6.88. The Labute approximate surface area is 119 Å². The van der Waals surface area contributed by atoms with Crippen LogP contribution in [-0.2, 0) is 4.79 Å². The first kappa shape index (κ1) is 18.1. The molecule has 1 atom stereocenters. The van der Waals surface area contributed by atoms with Gasteiger partial charge in [0.05, 0.1) is 0 Å². The molecule has 0 heterocycles. The molecule has 0 aliphatic rings. The Kier molecular flexibility index (Phi) is 11.6. The SMILES string of the molecule is CCC[C@@H](NC(=O)NCCCCCCSC)C(=O)O. The fraction of sp³-hybridized carbons (Fsp3) is 0.846. The number of carbonyl (C=O) groups is 2. The smallest absolute Gasteiger partial charge is 0.326 e. The molecule has 19 heavy (non-hydrogen) atoms. The summed E-state index contributed by atoms with van der Waals surface area (Å²) in [5.74, 6) is 0.208. The highest BCUT2D eigenvalue weighted by Gasteiger charge is 2.18. The van der Waals surface area contributed by atoms with E-state index in [1.807, 2.05) is 18.7 Å². The van der Waals surface area contributed by atoms with E-state index in [9.17, 15) is 9.59 Å². The van der Waals surface area contributed by atoms with E-state index >= 15 is 0 Å². The molecule has 0 radical (unpaired) electrons. The molecule has 0 rings (SSSR count). The third-order valence-electron chi connectivity index (χ3n) is 2.74. The number of carboxylic acids is 1. The van der Waals surface area contributed by atoms with Gasteiger partial charge in [0, 0.05) is 6.54 Å². The lowest BCUT2D eigenvalue weighted by molar-refractivity contribution is -0.139. The van der Waals surface area contributed by atoms with Crippen LogP contribution in [0.25, 0.3) is 0 Å². The number of hydrogen-bond donors (Lipinski definition) is 3. The summed E-state index contributed by atoms with van der Waals surface area (Å²) in [5.41, 5.74) is 0. The summed E-state index contributed by atoms with van der Waals surface area (Å²) in [6.45, 7) is 2.49. The largest absolute Gasteiger partial charge is 0.480 e. The maximum Gasteiger partial charge on any atom is 0.326 e. The summed E-state index contributed by atoms with van der Waals surface area (Å²) >= 11 is 1.85. The third-order valence-corrected chi connectivity index (χ3v) is 3.44. The molecule has 112 valence electrons. The lowest BCUT2D eigenvalue weighted by Crippen LogP contribution is -2.46. The van der Waals surface area contributed by atoms with Crippen molar-refractivity contribution < 1.29 is 14.7 Å². The molecule has 0 aromatic rings. The van der Waals surface area contributed by atoms with Crippen LogP contribution in [0, 0.1) is 0 Å². The van der Waals surface area contributed by atoms with Crippen LogP contribution in [0.1, 0.15) is 45.4 Å². The standard InChI is InChI=1S/C13H26N2O3S/c1-3-8-11(12(16)17)15-13(18)14-9-6-4-5-7-10-19-2/h11H,3-10H2,1-2H3,(H,16,17)(H2,14,15,18)/t11-/m1/s1. The van der Waals surface area contributed by atoms with Gasteiger partial charge in [-0.3, -0.25) is 0 Å². The minimum absolute atomic E-state index is 0.384. The van der Waals surface area contributed by atoms with Crippen LogP contribution in [0.15, 0.2) is 0 Å². The van der Waals surface area contributed by atoms with Crippen molar-refractivity contribution in [3.05, 3.63) is 0 Å². The van der Waals surface area contributed by atoms with Crippen molar-refractivity contribution in [2.45, 2.75) is 51.5 Å². The van der Waals surface area contributed by atoms with Crippen LogP contribution in [0.2, 0.25) is 0 Å². The van der Waals surface area contributed by atoms with Crippen molar-refractivity contribution in [3.8, 4) is 0 Å². The first-order valence-corrected chi connectivity index (χ1v) is 8.27. The van der Waals surface area contributed by atoms with E-state index in [1.54, 1.807) is 0 Å². The van der Waals surface area contributed by atoms with Crippen LogP contribution in [0.4, 0.5) is 4.79 Å². The van der Waals surface area contributed by atoms with Gasteiger partial charge < -0.3 is 15.7 Å². The number of carboxylic acid groups (broad SMARTS) is 1. The van der Waals surface area contributed by atoms with Crippen LogP contribution in [-0.4, -0.2) is 41.7 Å². The number of nitrogens with one attached hydrogen (secondary N) is 2. The van der Waals surface area contributed by atoms with Gasteiger partial charge in [-0.1, -0.05) is 26.2 Å². The van der Waals surface area contributed by atoms with Crippen molar-refractivity contribution in [2.75, 3.05) is 18.6 Å². The highest BCUT2D eigenvalue weighted by molar-refractivity contribution is 7.98. The molecule has 0 aliphatic heterocycles. The van der Waals surface area contributed by atoms with Crippen molar-refractivity contribution in [1.29, 1.82) is 0 Å². The Morgan fingerprint density at radius 2 is 1.89 bits per heavy atom. The fourth-order valence-electron chi connectivity index (χ4n) is 1.68. The predicted molar refractivity (Wildman–Crippen MR) is 79.7 cm³/mol. The average Bonchev–Trinajstić information content (AvgIpc) is 2.37. The van der Waals surface area contributed by atoms with Crippen LogP contribution in [0.3, 0.4) is 0 Å². The summed E-state index contributed by atoms with van der Waals surface area (Å²) in [7, 11) is 0. The number of unbranched alkanes of at least 4 members (excludes halogenated alkanes) is 3. The Morgan fingerprint density at radius 3 is 2.47 bits per heavy atom. The van der Waals surface area contributed by atoms with Crippen LogP contribution in [0.5, 0.6) is 0 Å². The summed E-state index contributed by atoms with van der Waals surface area (Å²) in [6, 6.07) is -1.17. The van der Waals surface area contributed by atoms with Crippen LogP contribution < -0.4 is 10.6 Å². The number of urea groups is 1. The van der Waals surface area contributed by atoms with Gasteiger partial charge >= 0.3 is 12.0 Å². The van der Waals surface area contributed by atoms with Crippen molar-refractivity contribution in [1.82, 2.24) is 10.6 Å². The van der Waals surface area contributed by atoms with Crippen molar-refractivity contribution >= 4 is 23.8 Å².